The first-order valence-electron chi connectivity index (χ1n) is 5.88. The normalized spacial score (nSPS) is 14.2. The predicted octanol–water partition coefficient (Wildman–Crippen LogP) is 1.24. The van der Waals surface area contributed by atoms with E-state index < -0.39 is 5.97 Å². The average Bonchev–Trinajstić information content (AvgIpc) is 2.87. The lowest BCUT2D eigenvalue weighted by molar-refractivity contribution is 0.0690. The molecular formula is C12H12N4O2. The average molecular weight is 244 g/mol. The number of aromatic nitrogens is 4. The van der Waals surface area contributed by atoms with E-state index in [4.69, 9.17) is 5.11 Å². The number of hydrogen-bond acceptors (Lipinski definition) is 4. The molecule has 0 spiro atoms. The van der Waals surface area contributed by atoms with Crippen molar-refractivity contribution in [2.75, 3.05) is 0 Å². The lowest BCUT2D eigenvalue weighted by atomic mass is 9.96. The molecule has 18 heavy (non-hydrogen) atoms. The van der Waals surface area contributed by atoms with Gasteiger partial charge < -0.3 is 5.11 Å². The summed E-state index contributed by atoms with van der Waals surface area (Å²) in [7, 11) is 0. The Morgan fingerprint density at radius 1 is 1.28 bits per heavy atom. The summed E-state index contributed by atoms with van der Waals surface area (Å²) in [5, 5.41) is 12.9. The van der Waals surface area contributed by atoms with E-state index in [1.54, 1.807) is 6.20 Å². The van der Waals surface area contributed by atoms with Crippen LogP contribution in [0.1, 0.15) is 34.6 Å². The van der Waals surface area contributed by atoms with Gasteiger partial charge in [-0.3, -0.25) is 0 Å². The fraction of sp³-hybridized carbons (Fsp3) is 0.333. The monoisotopic (exact) mass is 244 g/mol. The Labute approximate surface area is 103 Å². The lowest BCUT2D eigenvalue weighted by Gasteiger charge is -2.16. The zero-order valence-corrected chi connectivity index (χ0v) is 9.70. The summed E-state index contributed by atoms with van der Waals surface area (Å²) in [6.45, 7) is 0. The van der Waals surface area contributed by atoms with Crippen LogP contribution in [-0.4, -0.2) is 30.8 Å². The second-order valence-corrected chi connectivity index (χ2v) is 4.28. The lowest BCUT2D eigenvalue weighted by Crippen LogP contribution is -2.13. The molecule has 0 radical (unpaired) electrons. The molecule has 1 aliphatic rings. The fourth-order valence-electron chi connectivity index (χ4n) is 2.26. The van der Waals surface area contributed by atoms with Crippen molar-refractivity contribution in [1.29, 1.82) is 0 Å². The first-order valence-corrected chi connectivity index (χ1v) is 5.88. The van der Waals surface area contributed by atoms with E-state index in [1.807, 2.05) is 0 Å². The molecule has 0 aliphatic heterocycles. The Morgan fingerprint density at radius 3 is 2.89 bits per heavy atom. The Hall–Kier alpha value is -2.24. The third kappa shape index (κ3) is 1.75. The second-order valence-electron chi connectivity index (χ2n) is 4.28. The molecule has 0 aromatic carbocycles. The quantitative estimate of drug-likeness (QED) is 0.859. The van der Waals surface area contributed by atoms with Gasteiger partial charge in [0.15, 0.2) is 11.5 Å². The molecule has 1 N–H and O–H groups in total. The highest BCUT2D eigenvalue weighted by Gasteiger charge is 2.18. The standard InChI is InChI=1S/C12H12N4O2/c17-12(18)10-5-6-16(15-10)11-8-3-1-2-4-9(8)13-7-14-11/h5-7H,1-4H2,(H,17,18). The number of carbonyl (C=O) groups is 1. The number of carboxylic acid groups (broad SMARTS) is 1. The molecule has 92 valence electrons. The summed E-state index contributed by atoms with van der Waals surface area (Å²) >= 11 is 0. The molecule has 1 aliphatic carbocycles. The van der Waals surface area contributed by atoms with Gasteiger partial charge in [0.1, 0.15) is 6.33 Å². The largest absolute Gasteiger partial charge is 0.476 e. The van der Waals surface area contributed by atoms with Crippen LogP contribution in [0.25, 0.3) is 5.82 Å². The van der Waals surface area contributed by atoms with Crippen molar-refractivity contribution in [2.24, 2.45) is 0 Å². The molecule has 0 atom stereocenters. The van der Waals surface area contributed by atoms with Crippen molar-refractivity contribution in [2.45, 2.75) is 25.7 Å². The van der Waals surface area contributed by atoms with Crippen molar-refractivity contribution < 1.29 is 9.90 Å². The highest BCUT2D eigenvalue weighted by Crippen LogP contribution is 2.23. The highest BCUT2D eigenvalue weighted by molar-refractivity contribution is 5.85. The summed E-state index contributed by atoms with van der Waals surface area (Å²) in [5.74, 6) is -0.330. The van der Waals surface area contributed by atoms with E-state index in [1.165, 1.54) is 17.1 Å². The van der Waals surface area contributed by atoms with Gasteiger partial charge in [-0.1, -0.05) is 0 Å². The van der Waals surface area contributed by atoms with Gasteiger partial charge in [-0.05, 0) is 31.7 Å². The molecule has 6 nitrogen and oxygen atoms in total. The topological polar surface area (TPSA) is 80.9 Å². The van der Waals surface area contributed by atoms with Gasteiger partial charge in [0, 0.05) is 17.5 Å². The van der Waals surface area contributed by atoms with Crippen LogP contribution in [0.2, 0.25) is 0 Å². The Kier molecular flexibility index (Phi) is 2.55. The van der Waals surface area contributed by atoms with Gasteiger partial charge in [-0.2, -0.15) is 5.10 Å². The van der Waals surface area contributed by atoms with Gasteiger partial charge in [0.25, 0.3) is 0 Å². The first kappa shape index (κ1) is 10.9. The maximum atomic E-state index is 10.8. The van der Waals surface area contributed by atoms with Gasteiger partial charge in [0.2, 0.25) is 0 Å². The number of hydrogen-bond donors (Lipinski definition) is 1. The molecule has 3 rings (SSSR count). The van der Waals surface area contributed by atoms with Gasteiger partial charge in [0.05, 0.1) is 0 Å². The summed E-state index contributed by atoms with van der Waals surface area (Å²) in [5.41, 5.74) is 2.17. The third-order valence-electron chi connectivity index (χ3n) is 3.13. The van der Waals surface area contributed by atoms with Gasteiger partial charge in [-0.25, -0.2) is 19.4 Å². The SMILES string of the molecule is O=C(O)c1ccn(-c2ncnc3c2CCCC3)n1. The summed E-state index contributed by atoms with van der Waals surface area (Å²) < 4.78 is 1.52. The zero-order valence-electron chi connectivity index (χ0n) is 9.70. The Morgan fingerprint density at radius 2 is 2.11 bits per heavy atom. The van der Waals surface area contributed by atoms with Crippen LogP contribution in [0.4, 0.5) is 0 Å². The minimum Gasteiger partial charge on any atom is -0.476 e. The summed E-state index contributed by atoms with van der Waals surface area (Å²) in [6.07, 6.45) is 7.28. The molecule has 0 saturated heterocycles. The Balaban J connectivity index is 2.08. The van der Waals surface area contributed by atoms with Crippen LogP contribution in [0, 0.1) is 0 Å². The predicted molar refractivity (Wildman–Crippen MR) is 62.8 cm³/mol. The highest BCUT2D eigenvalue weighted by atomic mass is 16.4. The molecule has 0 fully saturated rings. The van der Waals surface area contributed by atoms with Crippen molar-refractivity contribution in [3.05, 3.63) is 35.5 Å². The fourth-order valence-corrected chi connectivity index (χ4v) is 2.26. The number of aryl methyl sites for hydroxylation is 1. The van der Waals surface area contributed by atoms with Crippen molar-refractivity contribution in [3.8, 4) is 5.82 Å². The number of fused-ring (bicyclic) bond motifs is 1. The van der Waals surface area contributed by atoms with Crippen LogP contribution in [0.3, 0.4) is 0 Å². The number of rotatable bonds is 2. The number of carboxylic acids is 1. The molecule has 0 saturated carbocycles. The molecular weight excluding hydrogens is 232 g/mol. The van der Waals surface area contributed by atoms with Crippen LogP contribution in [0.5, 0.6) is 0 Å². The smallest absolute Gasteiger partial charge is 0.356 e. The minimum atomic E-state index is -1.03. The summed E-state index contributed by atoms with van der Waals surface area (Å²) in [6, 6.07) is 1.47. The number of nitrogens with zero attached hydrogens (tertiary/aromatic N) is 4. The number of aromatic carboxylic acids is 1. The maximum absolute atomic E-state index is 10.8. The molecule has 0 bridgehead atoms. The van der Waals surface area contributed by atoms with E-state index in [9.17, 15) is 4.79 Å². The first-order chi connectivity index (χ1) is 8.75. The molecule has 2 heterocycles. The van der Waals surface area contributed by atoms with E-state index in [0.717, 1.165) is 36.9 Å². The molecule has 2 aromatic heterocycles. The van der Waals surface area contributed by atoms with Crippen LogP contribution in [-0.2, 0) is 12.8 Å². The maximum Gasteiger partial charge on any atom is 0.356 e. The molecule has 0 unspecified atom stereocenters. The zero-order chi connectivity index (χ0) is 12.5. The van der Waals surface area contributed by atoms with Crippen molar-refractivity contribution in [3.63, 3.8) is 0 Å². The third-order valence-corrected chi connectivity index (χ3v) is 3.13. The van der Waals surface area contributed by atoms with Crippen molar-refractivity contribution in [1.82, 2.24) is 19.7 Å². The van der Waals surface area contributed by atoms with E-state index in [0.29, 0.717) is 5.82 Å². The van der Waals surface area contributed by atoms with Crippen LogP contribution >= 0.6 is 0 Å². The Bertz CT molecular complexity index is 606. The van der Waals surface area contributed by atoms with Crippen LogP contribution in [0.15, 0.2) is 18.6 Å². The molecule has 6 heteroatoms. The van der Waals surface area contributed by atoms with Crippen molar-refractivity contribution >= 4 is 5.97 Å². The molecule has 0 amide bonds. The minimum absolute atomic E-state index is 0.0261. The van der Waals surface area contributed by atoms with Gasteiger partial charge >= 0.3 is 5.97 Å². The molecule has 2 aromatic rings. The second kappa shape index (κ2) is 4.21. The van der Waals surface area contributed by atoms with E-state index in [-0.39, 0.29) is 5.69 Å². The van der Waals surface area contributed by atoms with Gasteiger partial charge in [-0.15, -0.1) is 0 Å². The van der Waals surface area contributed by atoms with E-state index >= 15 is 0 Å². The summed E-state index contributed by atoms with van der Waals surface area (Å²) in [4.78, 5) is 19.3. The van der Waals surface area contributed by atoms with E-state index in [2.05, 4.69) is 15.1 Å². The van der Waals surface area contributed by atoms with Crippen LogP contribution < -0.4 is 0 Å².